The second kappa shape index (κ2) is 6.45. The highest BCUT2D eigenvalue weighted by Gasteiger charge is 2.09. The summed E-state index contributed by atoms with van der Waals surface area (Å²) in [5, 5.41) is 7.00. The first-order chi connectivity index (χ1) is 8.66. The molecule has 0 amide bonds. The van der Waals surface area contributed by atoms with Crippen molar-refractivity contribution in [3.8, 4) is 0 Å². The van der Waals surface area contributed by atoms with Gasteiger partial charge in [0, 0.05) is 28.0 Å². The Kier molecular flexibility index (Phi) is 4.91. The predicted molar refractivity (Wildman–Crippen MR) is 76.3 cm³/mol. The summed E-state index contributed by atoms with van der Waals surface area (Å²) in [6.45, 7) is 2.92. The van der Waals surface area contributed by atoms with Crippen molar-refractivity contribution in [3.63, 3.8) is 0 Å². The van der Waals surface area contributed by atoms with E-state index in [4.69, 9.17) is 4.52 Å². The minimum Gasteiger partial charge on any atom is -0.340 e. The number of nitrogens with zero attached hydrogens (tertiary/aromatic N) is 2. The van der Waals surface area contributed by atoms with Gasteiger partial charge in [-0.05, 0) is 24.6 Å². The summed E-state index contributed by atoms with van der Waals surface area (Å²) in [6, 6.07) is 6.44. The Balaban J connectivity index is 1.89. The van der Waals surface area contributed by atoms with Gasteiger partial charge in [0.1, 0.15) is 0 Å². The van der Waals surface area contributed by atoms with Gasteiger partial charge in [0.15, 0.2) is 6.33 Å². The highest BCUT2D eigenvalue weighted by atomic mass is 79.9. The molecule has 4 nitrogen and oxygen atoms in total. The van der Waals surface area contributed by atoms with Crippen molar-refractivity contribution >= 4 is 31.9 Å². The molecule has 0 radical (unpaired) electrons. The van der Waals surface area contributed by atoms with Gasteiger partial charge in [-0.25, -0.2) is 0 Å². The Labute approximate surface area is 122 Å². The van der Waals surface area contributed by atoms with Crippen molar-refractivity contribution in [1.82, 2.24) is 15.5 Å². The lowest BCUT2D eigenvalue weighted by molar-refractivity contribution is 0.372. The molecule has 1 heterocycles. The first kappa shape index (κ1) is 13.7. The SMILES string of the molecule is CC(NCCc1ncno1)c1ccc(Br)cc1Br. The lowest BCUT2D eigenvalue weighted by atomic mass is 10.1. The quantitative estimate of drug-likeness (QED) is 0.870. The smallest absolute Gasteiger partial charge is 0.227 e. The largest absolute Gasteiger partial charge is 0.340 e. The highest BCUT2D eigenvalue weighted by Crippen LogP contribution is 2.26. The normalized spacial score (nSPS) is 12.6. The van der Waals surface area contributed by atoms with Crippen LogP contribution in [0.2, 0.25) is 0 Å². The van der Waals surface area contributed by atoms with E-state index in [1.165, 1.54) is 11.9 Å². The third-order valence-corrected chi connectivity index (χ3v) is 3.81. The fraction of sp³-hybridized carbons (Fsp3) is 0.333. The summed E-state index contributed by atoms with van der Waals surface area (Å²) in [5.41, 5.74) is 1.23. The summed E-state index contributed by atoms with van der Waals surface area (Å²) < 4.78 is 7.10. The third kappa shape index (κ3) is 3.63. The Hall–Kier alpha value is -0.720. The van der Waals surface area contributed by atoms with E-state index < -0.39 is 0 Å². The number of hydrogen-bond acceptors (Lipinski definition) is 4. The first-order valence-corrected chi connectivity index (χ1v) is 7.19. The van der Waals surface area contributed by atoms with Crippen LogP contribution in [0.25, 0.3) is 0 Å². The Morgan fingerprint density at radius 3 is 2.89 bits per heavy atom. The summed E-state index contributed by atoms with van der Waals surface area (Å²) in [7, 11) is 0. The maximum absolute atomic E-state index is 4.94. The molecule has 6 heteroatoms. The van der Waals surface area contributed by atoms with Gasteiger partial charge in [0.25, 0.3) is 0 Å². The highest BCUT2D eigenvalue weighted by molar-refractivity contribution is 9.11. The van der Waals surface area contributed by atoms with E-state index >= 15 is 0 Å². The molecule has 0 fully saturated rings. The Morgan fingerprint density at radius 2 is 2.22 bits per heavy atom. The second-order valence-corrected chi connectivity index (χ2v) is 5.70. The zero-order valence-electron chi connectivity index (χ0n) is 9.86. The van der Waals surface area contributed by atoms with Crippen LogP contribution in [-0.4, -0.2) is 16.7 Å². The van der Waals surface area contributed by atoms with Crippen LogP contribution in [-0.2, 0) is 6.42 Å². The third-order valence-electron chi connectivity index (χ3n) is 2.63. The summed E-state index contributed by atoms with van der Waals surface area (Å²) >= 11 is 7.01. The van der Waals surface area contributed by atoms with E-state index in [1.807, 2.05) is 12.1 Å². The van der Waals surface area contributed by atoms with Crippen molar-refractivity contribution in [1.29, 1.82) is 0 Å². The zero-order chi connectivity index (χ0) is 13.0. The first-order valence-electron chi connectivity index (χ1n) is 5.60. The fourth-order valence-electron chi connectivity index (χ4n) is 1.66. The number of rotatable bonds is 5. The molecular weight excluding hydrogens is 362 g/mol. The molecule has 1 atom stereocenters. The summed E-state index contributed by atoms with van der Waals surface area (Å²) in [5.74, 6) is 0.657. The number of aromatic nitrogens is 2. The average Bonchev–Trinajstić information content (AvgIpc) is 2.81. The van der Waals surface area contributed by atoms with Gasteiger partial charge in [-0.1, -0.05) is 43.1 Å². The van der Waals surface area contributed by atoms with E-state index in [2.05, 4.69) is 60.3 Å². The average molecular weight is 375 g/mol. The molecule has 96 valence electrons. The van der Waals surface area contributed by atoms with Gasteiger partial charge < -0.3 is 9.84 Å². The van der Waals surface area contributed by atoms with Crippen LogP contribution < -0.4 is 5.32 Å². The van der Waals surface area contributed by atoms with Crippen molar-refractivity contribution in [3.05, 3.63) is 44.9 Å². The molecule has 1 aromatic carbocycles. The van der Waals surface area contributed by atoms with Crippen LogP contribution in [0.15, 0.2) is 38.0 Å². The van der Waals surface area contributed by atoms with Gasteiger partial charge >= 0.3 is 0 Å². The molecule has 1 unspecified atom stereocenters. The van der Waals surface area contributed by atoms with Gasteiger partial charge in [-0.15, -0.1) is 0 Å². The van der Waals surface area contributed by atoms with Crippen LogP contribution >= 0.6 is 31.9 Å². The van der Waals surface area contributed by atoms with E-state index in [9.17, 15) is 0 Å². The van der Waals surface area contributed by atoms with Crippen molar-refractivity contribution < 1.29 is 4.52 Å². The molecule has 0 bridgehead atoms. The van der Waals surface area contributed by atoms with E-state index in [1.54, 1.807) is 0 Å². The standard InChI is InChI=1S/C12H13Br2N3O/c1-8(10-3-2-9(13)6-11(10)14)15-5-4-12-16-7-17-18-12/h2-3,6-8,15H,4-5H2,1H3. The summed E-state index contributed by atoms with van der Waals surface area (Å²) in [4.78, 5) is 3.98. The van der Waals surface area contributed by atoms with Gasteiger partial charge in [0.2, 0.25) is 5.89 Å². The van der Waals surface area contributed by atoms with E-state index in [-0.39, 0.29) is 6.04 Å². The fourth-order valence-corrected chi connectivity index (χ4v) is 3.05. The minimum absolute atomic E-state index is 0.260. The van der Waals surface area contributed by atoms with Crippen molar-refractivity contribution in [2.24, 2.45) is 0 Å². The number of nitrogens with one attached hydrogen (secondary N) is 1. The van der Waals surface area contributed by atoms with Crippen LogP contribution in [0.4, 0.5) is 0 Å². The van der Waals surface area contributed by atoms with E-state index in [0.717, 1.165) is 21.9 Å². The number of hydrogen-bond donors (Lipinski definition) is 1. The summed E-state index contributed by atoms with van der Waals surface area (Å²) in [6.07, 6.45) is 2.16. The Bertz CT molecular complexity index is 502. The maximum Gasteiger partial charge on any atom is 0.227 e. The van der Waals surface area contributed by atoms with Gasteiger partial charge in [-0.2, -0.15) is 4.98 Å². The van der Waals surface area contributed by atoms with Crippen LogP contribution in [0.1, 0.15) is 24.4 Å². The van der Waals surface area contributed by atoms with Crippen LogP contribution in [0.5, 0.6) is 0 Å². The monoisotopic (exact) mass is 373 g/mol. The topological polar surface area (TPSA) is 51.0 Å². The molecular formula is C12H13Br2N3O. The molecule has 0 saturated carbocycles. The molecule has 1 aromatic heterocycles. The molecule has 0 saturated heterocycles. The molecule has 0 aliphatic rings. The van der Waals surface area contributed by atoms with Crippen LogP contribution in [0.3, 0.4) is 0 Å². The minimum atomic E-state index is 0.260. The number of halogens is 2. The predicted octanol–water partition coefficient (Wildman–Crippen LogP) is 3.49. The van der Waals surface area contributed by atoms with Crippen molar-refractivity contribution in [2.75, 3.05) is 6.54 Å². The molecule has 1 N–H and O–H groups in total. The van der Waals surface area contributed by atoms with E-state index in [0.29, 0.717) is 5.89 Å². The number of benzene rings is 1. The lowest BCUT2D eigenvalue weighted by Crippen LogP contribution is -2.21. The van der Waals surface area contributed by atoms with Crippen molar-refractivity contribution in [2.45, 2.75) is 19.4 Å². The molecule has 2 aromatic rings. The molecule has 0 spiro atoms. The maximum atomic E-state index is 4.94. The molecule has 0 aliphatic heterocycles. The second-order valence-electron chi connectivity index (χ2n) is 3.93. The van der Waals surface area contributed by atoms with Gasteiger partial charge in [-0.3, -0.25) is 0 Å². The molecule has 0 aliphatic carbocycles. The molecule has 2 rings (SSSR count). The van der Waals surface area contributed by atoms with Gasteiger partial charge in [0.05, 0.1) is 0 Å². The van der Waals surface area contributed by atoms with Crippen LogP contribution in [0, 0.1) is 0 Å². The zero-order valence-corrected chi connectivity index (χ0v) is 13.0. The Morgan fingerprint density at radius 1 is 1.39 bits per heavy atom. The molecule has 18 heavy (non-hydrogen) atoms. The lowest BCUT2D eigenvalue weighted by Gasteiger charge is -2.15.